The summed E-state index contributed by atoms with van der Waals surface area (Å²) in [5, 5.41) is 0. The average molecular weight is 307 g/mol. The molecule has 0 N–H and O–H groups in total. The van der Waals surface area contributed by atoms with Crippen LogP contribution >= 0.6 is 0 Å². The van der Waals surface area contributed by atoms with E-state index in [2.05, 4.69) is 4.74 Å². The third-order valence-corrected chi connectivity index (χ3v) is 3.26. The second kappa shape index (κ2) is 7.15. The molecule has 0 saturated carbocycles. The summed E-state index contributed by atoms with van der Waals surface area (Å²) in [4.78, 5) is 23.7. The van der Waals surface area contributed by atoms with Crippen LogP contribution in [0.5, 0.6) is 11.5 Å². The van der Waals surface area contributed by atoms with Gasteiger partial charge in [-0.25, -0.2) is 9.59 Å². The van der Waals surface area contributed by atoms with Crippen LogP contribution in [0.1, 0.15) is 25.8 Å². The largest absolute Gasteiger partial charge is 0.493 e. The molecule has 0 spiro atoms. The molecule has 1 aliphatic rings. The molecule has 1 aromatic rings. The lowest BCUT2D eigenvalue weighted by Crippen LogP contribution is -2.26. The van der Waals surface area contributed by atoms with Crippen molar-refractivity contribution in [3.05, 3.63) is 23.8 Å². The number of cyclic esters (lactones) is 2. The number of benzene rings is 1. The van der Waals surface area contributed by atoms with Gasteiger partial charge < -0.3 is 14.2 Å². The predicted octanol–water partition coefficient (Wildman–Crippen LogP) is 2.39. The maximum absolute atomic E-state index is 11.3. The van der Waals surface area contributed by atoms with Crippen LogP contribution in [0.4, 0.5) is 4.79 Å². The molecule has 0 atom stereocenters. The highest BCUT2D eigenvalue weighted by atomic mass is 16.6. The van der Waals surface area contributed by atoms with E-state index in [0.29, 0.717) is 12.3 Å². The van der Waals surface area contributed by atoms with Gasteiger partial charge in [-0.15, -0.1) is 0 Å². The number of ether oxygens (including phenoxy) is 3. The molecule has 120 valence electrons. The van der Waals surface area contributed by atoms with Crippen molar-refractivity contribution in [2.45, 2.75) is 32.8 Å². The summed E-state index contributed by atoms with van der Waals surface area (Å²) in [6.45, 7) is 4.47. The SMILES string of the molecule is COc1cc(CCCN2CC(=O)OC2=O)ccc1OC(C)C. The van der Waals surface area contributed by atoms with Crippen molar-refractivity contribution in [3.8, 4) is 11.5 Å². The fraction of sp³-hybridized carbons (Fsp3) is 0.500. The van der Waals surface area contributed by atoms with Crippen LogP contribution in [-0.2, 0) is 16.0 Å². The molecule has 6 heteroatoms. The van der Waals surface area contributed by atoms with Gasteiger partial charge in [0.1, 0.15) is 6.54 Å². The lowest BCUT2D eigenvalue weighted by molar-refractivity contribution is -0.132. The number of methoxy groups -OCH3 is 1. The molecule has 0 aromatic heterocycles. The van der Waals surface area contributed by atoms with Crippen LogP contribution in [0.15, 0.2) is 18.2 Å². The topological polar surface area (TPSA) is 65.1 Å². The van der Waals surface area contributed by atoms with Gasteiger partial charge in [-0.05, 0) is 44.4 Å². The summed E-state index contributed by atoms with van der Waals surface area (Å²) in [6, 6.07) is 5.81. The van der Waals surface area contributed by atoms with Gasteiger partial charge in [0, 0.05) is 6.54 Å². The maximum atomic E-state index is 11.3. The van der Waals surface area contributed by atoms with E-state index < -0.39 is 12.1 Å². The first-order valence-electron chi connectivity index (χ1n) is 7.32. The van der Waals surface area contributed by atoms with Crippen LogP contribution in [-0.4, -0.2) is 43.3 Å². The fourth-order valence-corrected chi connectivity index (χ4v) is 2.28. The van der Waals surface area contributed by atoms with Crippen molar-refractivity contribution in [3.63, 3.8) is 0 Å². The molecule has 1 aliphatic heterocycles. The number of amides is 1. The molecule has 1 heterocycles. The standard InChI is InChI=1S/C16H21NO5/c1-11(2)21-13-7-6-12(9-14(13)20-3)5-4-8-17-10-15(18)22-16(17)19/h6-7,9,11H,4-5,8,10H2,1-3H3. The van der Waals surface area contributed by atoms with Crippen LogP contribution in [0, 0.1) is 0 Å². The minimum Gasteiger partial charge on any atom is -0.493 e. The number of nitrogens with zero attached hydrogens (tertiary/aromatic N) is 1. The quantitative estimate of drug-likeness (QED) is 0.571. The fourth-order valence-electron chi connectivity index (χ4n) is 2.28. The van der Waals surface area contributed by atoms with Crippen molar-refractivity contribution in [2.24, 2.45) is 0 Å². The van der Waals surface area contributed by atoms with E-state index in [4.69, 9.17) is 9.47 Å². The molecule has 1 amide bonds. The van der Waals surface area contributed by atoms with E-state index in [1.54, 1.807) is 7.11 Å². The molecule has 1 fully saturated rings. The molecule has 22 heavy (non-hydrogen) atoms. The van der Waals surface area contributed by atoms with Gasteiger partial charge >= 0.3 is 12.1 Å². The molecule has 0 bridgehead atoms. The molecular weight excluding hydrogens is 286 g/mol. The minimum atomic E-state index is -0.553. The summed E-state index contributed by atoms with van der Waals surface area (Å²) >= 11 is 0. The Balaban J connectivity index is 1.90. The number of carbonyl (C=O) groups is 2. The summed E-state index contributed by atoms with van der Waals surface area (Å²) < 4.78 is 15.5. The Labute approximate surface area is 129 Å². The minimum absolute atomic E-state index is 0.0450. The number of hydrogen-bond acceptors (Lipinski definition) is 5. The van der Waals surface area contributed by atoms with E-state index >= 15 is 0 Å². The average Bonchev–Trinajstić information content (AvgIpc) is 2.78. The van der Waals surface area contributed by atoms with E-state index in [1.807, 2.05) is 32.0 Å². The van der Waals surface area contributed by atoms with Crippen LogP contribution in [0.2, 0.25) is 0 Å². The van der Waals surface area contributed by atoms with E-state index in [0.717, 1.165) is 24.2 Å². The highest BCUT2D eigenvalue weighted by Gasteiger charge is 2.28. The Hall–Kier alpha value is -2.24. The molecule has 1 aromatic carbocycles. The maximum Gasteiger partial charge on any atom is 0.418 e. The monoisotopic (exact) mass is 307 g/mol. The smallest absolute Gasteiger partial charge is 0.418 e. The predicted molar refractivity (Wildman–Crippen MR) is 80.1 cm³/mol. The molecule has 0 radical (unpaired) electrons. The molecule has 1 saturated heterocycles. The first-order valence-corrected chi connectivity index (χ1v) is 7.32. The van der Waals surface area contributed by atoms with Gasteiger partial charge in [0.05, 0.1) is 13.2 Å². The Kier molecular flexibility index (Phi) is 5.25. The third-order valence-electron chi connectivity index (χ3n) is 3.26. The first kappa shape index (κ1) is 16.1. The van der Waals surface area contributed by atoms with Gasteiger partial charge in [-0.1, -0.05) is 6.07 Å². The summed E-state index contributed by atoms with van der Waals surface area (Å²) in [5.41, 5.74) is 1.09. The second-order valence-corrected chi connectivity index (χ2v) is 5.42. The van der Waals surface area contributed by atoms with Gasteiger partial charge in [0.15, 0.2) is 11.5 Å². The van der Waals surface area contributed by atoms with E-state index in [1.165, 1.54) is 4.90 Å². The number of esters is 1. The Morgan fingerprint density at radius 2 is 2.05 bits per heavy atom. The van der Waals surface area contributed by atoms with Gasteiger partial charge in [-0.3, -0.25) is 4.90 Å². The first-order chi connectivity index (χ1) is 10.5. The van der Waals surface area contributed by atoms with Crippen LogP contribution in [0.25, 0.3) is 0 Å². The molecule has 2 rings (SSSR count). The number of hydrogen-bond donors (Lipinski definition) is 0. The lowest BCUT2D eigenvalue weighted by Gasteiger charge is -2.15. The Morgan fingerprint density at radius 3 is 2.64 bits per heavy atom. The van der Waals surface area contributed by atoms with Crippen molar-refractivity contribution < 1.29 is 23.8 Å². The number of rotatable bonds is 7. The van der Waals surface area contributed by atoms with Crippen molar-refractivity contribution in [1.29, 1.82) is 0 Å². The zero-order valence-corrected chi connectivity index (χ0v) is 13.1. The highest BCUT2D eigenvalue weighted by molar-refractivity contribution is 5.92. The Morgan fingerprint density at radius 1 is 1.27 bits per heavy atom. The molecule has 0 aliphatic carbocycles. The van der Waals surface area contributed by atoms with Crippen molar-refractivity contribution >= 4 is 12.1 Å². The summed E-state index contributed by atoms with van der Waals surface area (Å²) in [7, 11) is 1.61. The molecule has 6 nitrogen and oxygen atoms in total. The number of aryl methyl sites for hydroxylation is 1. The number of carbonyl (C=O) groups excluding carboxylic acids is 2. The third kappa shape index (κ3) is 4.13. The van der Waals surface area contributed by atoms with Crippen molar-refractivity contribution in [2.75, 3.05) is 20.2 Å². The zero-order chi connectivity index (χ0) is 16.1. The lowest BCUT2D eigenvalue weighted by atomic mass is 10.1. The second-order valence-electron chi connectivity index (χ2n) is 5.42. The normalized spacial score (nSPS) is 14.5. The van der Waals surface area contributed by atoms with Crippen LogP contribution in [0.3, 0.4) is 0 Å². The van der Waals surface area contributed by atoms with Gasteiger partial charge in [0.25, 0.3) is 0 Å². The molecule has 0 unspecified atom stereocenters. The highest BCUT2D eigenvalue weighted by Crippen LogP contribution is 2.29. The van der Waals surface area contributed by atoms with E-state index in [-0.39, 0.29) is 12.6 Å². The zero-order valence-electron chi connectivity index (χ0n) is 13.1. The van der Waals surface area contributed by atoms with Crippen LogP contribution < -0.4 is 9.47 Å². The molecular formula is C16H21NO5. The summed E-state index contributed by atoms with van der Waals surface area (Å²) in [6.07, 6.45) is 1.05. The Bertz CT molecular complexity index is 555. The van der Waals surface area contributed by atoms with Gasteiger partial charge in [-0.2, -0.15) is 0 Å². The summed E-state index contributed by atoms with van der Waals surface area (Å²) in [5.74, 6) is 0.929. The van der Waals surface area contributed by atoms with E-state index in [9.17, 15) is 9.59 Å². The van der Waals surface area contributed by atoms with Crippen molar-refractivity contribution in [1.82, 2.24) is 4.90 Å². The van der Waals surface area contributed by atoms with Gasteiger partial charge in [0.2, 0.25) is 0 Å².